The molecule has 1 aliphatic carbocycles. The van der Waals surface area contributed by atoms with Gasteiger partial charge in [-0.15, -0.1) is 0 Å². The number of carbonyl (C=O) groups excluding carboxylic acids is 1. The van der Waals surface area contributed by atoms with Crippen LogP contribution in [0.4, 0.5) is 0 Å². The lowest BCUT2D eigenvalue weighted by Gasteiger charge is -2.19. The molecule has 2 rings (SSSR count). The molecule has 2 fully saturated rings. The number of ether oxygens (including phenoxy) is 2. The molecule has 0 spiro atoms. The van der Waals surface area contributed by atoms with Gasteiger partial charge in [0.2, 0.25) is 0 Å². The molecule has 1 N–H and O–H groups in total. The molecule has 3 unspecified atom stereocenters. The summed E-state index contributed by atoms with van der Waals surface area (Å²) in [7, 11) is 0. The van der Waals surface area contributed by atoms with Gasteiger partial charge in [-0.25, -0.2) is 0 Å². The van der Waals surface area contributed by atoms with Gasteiger partial charge in [-0.3, -0.25) is 9.59 Å². The maximum atomic E-state index is 11.2. The van der Waals surface area contributed by atoms with Gasteiger partial charge < -0.3 is 14.6 Å². The van der Waals surface area contributed by atoms with Crippen LogP contribution >= 0.6 is 0 Å². The van der Waals surface area contributed by atoms with Gasteiger partial charge in [0.15, 0.2) is 0 Å². The molecule has 2 aliphatic rings. The molecule has 5 heteroatoms. The molecule has 0 bridgehead atoms. The molecule has 1 saturated heterocycles. The smallest absolute Gasteiger partial charge is 0.306 e. The van der Waals surface area contributed by atoms with Crippen molar-refractivity contribution in [2.45, 2.75) is 50.4 Å². The summed E-state index contributed by atoms with van der Waals surface area (Å²) < 4.78 is 10.5. The van der Waals surface area contributed by atoms with Gasteiger partial charge in [-0.05, 0) is 12.8 Å². The zero-order chi connectivity index (χ0) is 10.8. The van der Waals surface area contributed by atoms with Gasteiger partial charge in [0.1, 0.15) is 6.10 Å². The molecular formula is C10H14O5. The molecule has 1 heterocycles. The van der Waals surface area contributed by atoms with E-state index in [1.54, 1.807) is 0 Å². The summed E-state index contributed by atoms with van der Waals surface area (Å²) >= 11 is 0. The van der Waals surface area contributed by atoms with Crippen molar-refractivity contribution < 1.29 is 24.2 Å². The summed E-state index contributed by atoms with van der Waals surface area (Å²) in [4.78, 5) is 21.4. The minimum absolute atomic E-state index is 0.0409. The Hall–Kier alpha value is -1.10. The van der Waals surface area contributed by atoms with E-state index in [1.165, 1.54) is 0 Å². The second-order valence-corrected chi connectivity index (χ2v) is 4.03. The van der Waals surface area contributed by atoms with Crippen molar-refractivity contribution in [2.24, 2.45) is 0 Å². The normalized spacial score (nSPS) is 32.9. The third-order valence-corrected chi connectivity index (χ3v) is 2.80. The number of carboxylic acids is 1. The minimum atomic E-state index is -0.971. The number of hydrogen-bond acceptors (Lipinski definition) is 4. The Kier molecular flexibility index (Phi) is 2.90. The Morgan fingerprint density at radius 2 is 2.07 bits per heavy atom. The first kappa shape index (κ1) is 10.4. The van der Waals surface area contributed by atoms with Crippen LogP contribution in [0, 0.1) is 0 Å². The molecule has 3 atom stereocenters. The molecule has 0 aromatic rings. The van der Waals surface area contributed by atoms with Crippen LogP contribution in [0.5, 0.6) is 0 Å². The quantitative estimate of drug-likeness (QED) is 0.551. The molecule has 1 saturated carbocycles. The van der Waals surface area contributed by atoms with Gasteiger partial charge >= 0.3 is 11.9 Å². The maximum Gasteiger partial charge on any atom is 0.306 e. The fraction of sp³-hybridized carbons (Fsp3) is 0.800. The van der Waals surface area contributed by atoms with Crippen LogP contribution in [0.15, 0.2) is 0 Å². The zero-order valence-electron chi connectivity index (χ0n) is 8.35. The molecule has 1 aliphatic heterocycles. The zero-order valence-corrected chi connectivity index (χ0v) is 8.35. The summed E-state index contributed by atoms with van der Waals surface area (Å²) in [5.74, 6) is -1.39. The van der Waals surface area contributed by atoms with Crippen LogP contribution in [0.25, 0.3) is 0 Å². The third-order valence-electron chi connectivity index (χ3n) is 2.80. The summed E-state index contributed by atoms with van der Waals surface area (Å²) in [5.41, 5.74) is 0. The van der Waals surface area contributed by atoms with Crippen molar-refractivity contribution in [3.8, 4) is 0 Å². The van der Waals surface area contributed by atoms with Crippen molar-refractivity contribution in [1.82, 2.24) is 0 Å². The minimum Gasteiger partial charge on any atom is -0.481 e. The van der Waals surface area contributed by atoms with E-state index < -0.39 is 11.9 Å². The number of fused-ring (bicyclic) bond motifs is 1. The van der Waals surface area contributed by atoms with E-state index in [-0.39, 0.29) is 25.0 Å². The third kappa shape index (κ3) is 2.92. The van der Waals surface area contributed by atoms with Crippen LogP contribution < -0.4 is 0 Å². The van der Waals surface area contributed by atoms with E-state index >= 15 is 0 Å². The van der Waals surface area contributed by atoms with Crippen molar-refractivity contribution in [1.29, 1.82) is 0 Å². The lowest BCUT2D eigenvalue weighted by Crippen LogP contribution is -2.24. The maximum absolute atomic E-state index is 11.2. The average Bonchev–Trinajstić information content (AvgIpc) is 2.93. The molecule has 5 nitrogen and oxygen atoms in total. The number of esters is 1. The highest BCUT2D eigenvalue weighted by Crippen LogP contribution is 2.37. The summed E-state index contributed by atoms with van der Waals surface area (Å²) in [5, 5.41) is 8.39. The lowest BCUT2D eigenvalue weighted by atomic mass is 9.98. The fourth-order valence-corrected chi connectivity index (χ4v) is 1.93. The molecule has 0 radical (unpaired) electrons. The number of aliphatic carboxylic acids is 1. The van der Waals surface area contributed by atoms with Gasteiger partial charge in [-0.2, -0.15) is 0 Å². The fourth-order valence-electron chi connectivity index (χ4n) is 1.93. The van der Waals surface area contributed by atoms with Crippen LogP contribution in [-0.4, -0.2) is 35.4 Å². The van der Waals surface area contributed by atoms with Crippen LogP contribution in [0.1, 0.15) is 32.1 Å². The molecule has 84 valence electrons. The SMILES string of the molecule is O=C(O)CCC(=O)OC1CCC2OC2C1. The highest BCUT2D eigenvalue weighted by Gasteiger charge is 2.44. The Morgan fingerprint density at radius 1 is 1.27 bits per heavy atom. The summed E-state index contributed by atoms with van der Waals surface area (Å²) in [6.07, 6.45) is 2.94. The summed E-state index contributed by atoms with van der Waals surface area (Å²) in [6.45, 7) is 0. The average molecular weight is 214 g/mol. The van der Waals surface area contributed by atoms with E-state index in [0.717, 1.165) is 19.3 Å². The molecular weight excluding hydrogens is 200 g/mol. The van der Waals surface area contributed by atoms with Crippen LogP contribution in [-0.2, 0) is 19.1 Å². The van der Waals surface area contributed by atoms with E-state index in [0.29, 0.717) is 6.10 Å². The lowest BCUT2D eigenvalue weighted by molar-refractivity contribution is -0.153. The van der Waals surface area contributed by atoms with Crippen molar-refractivity contribution in [2.75, 3.05) is 0 Å². The second-order valence-electron chi connectivity index (χ2n) is 4.03. The van der Waals surface area contributed by atoms with Crippen LogP contribution in [0.2, 0.25) is 0 Å². The predicted octanol–water partition coefficient (Wildman–Crippen LogP) is 0.714. The van der Waals surface area contributed by atoms with Crippen molar-refractivity contribution >= 4 is 11.9 Å². The monoisotopic (exact) mass is 214 g/mol. The van der Waals surface area contributed by atoms with Gasteiger partial charge in [0.25, 0.3) is 0 Å². The van der Waals surface area contributed by atoms with E-state index in [2.05, 4.69) is 0 Å². The Labute approximate surface area is 87.4 Å². The Bertz CT molecular complexity index is 275. The molecule has 0 aromatic heterocycles. The van der Waals surface area contributed by atoms with Crippen molar-refractivity contribution in [3.05, 3.63) is 0 Å². The Balaban J connectivity index is 1.67. The second kappa shape index (κ2) is 4.18. The highest BCUT2D eigenvalue weighted by molar-refractivity contribution is 5.76. The number of epoxide rings is 1. The van der Waals surface area contributed by atoms with E-state index in [9.17, 15) is 9.59 Å². The first-order chi connectivity index (χ1) is 7.15. The predicted molar refractivity (Wildman–Crippen MR) is 49.3 cm³/mol. The largest absolute Gasteiger partial charge is 0.481 e. The van der Waals surface area contributed by atoms with Crippen molar-refractivity contribution in [3.63, 3.8) is 0 Å². The molecule has 0 aromatic carbocycles. The molecule has 15 heavy (non-hydrogen) atoms. The topological polar surface area (TPSA) is 76.1 Å². The van der Waals surface area contributed by atoms with Gasteiger partial charge in [0, 0.05) is 6.42 Å². The van der Waals surface area contributed by atoms with E-state index in [1.807, 2.05) is 0 Å². The van der Waals surface area contributed by atoms with Gasteiger partial charge in [-0.1, -0.05) is 0 Å². The first-order valence-electron chi connectivity index (χ1n) is 5.22. The standard InChI is InChI=1S/C10H14O5/c11-9(12)3-4-10(13)14-6-1-2-7-8(5-6)15-7/h6-8H,1-5H2,(H,11,12). The number of carboxylic acid groups (broad SMARTS) is 1. The highest BCUT2D eigenvalue weighted by atomic mass is 16.6. The Morgan fingerprint density at radius 3 is 2.73 bits per heavy atom. The van der Waals surface area contributed by atoms with Gasteiger partial charge in [0.05, 0.1) is 25.0 Å². The van der Waals surface area contributed by atoms with Crippen LogP contribution in [0.3, 0.4) is 0 Å². The van der Waals surface area contributed by atoms with E-state index in [4.69, 9.17) is 14.6 Å². The number of hydrogen-bond donors (Lipinski definition) is 1. The number of carbonyl (C=O) groups is 2. The summed E-state index contributed by atoms with van der Waals surface area (Å²) in [6, 6.07) is 0. The first-order valence-corrected chi connectivity index (χ1v) is 5.22. The number of rotatable bonds is 4. The molecule has 0 amide bonds.